The zero-order valence-corrected chi connectivity index (χ0v) is 12.0. The number of nitrogens with one attached hydrogen (secondary N) is 1. The van der Waals surface area contributed by atoms with Crippen molar-refractivity contribution in [2.75, 3.05) is 19.8 Å². The van der Waals surface area contributed by atoms with Gasteiger partial charge in [-0.15, -0.1) is 0 Å². The maximum atomic E-state index is 11.8. The summed E-state index contributed by atoms with van der Waals surface area (Å²) in [7, 11) is 0. The van der Waals surface area contributed by atoms with Crippen molar-refractivity contribution in [2.45, 2.75) is 64.0 Å². The number of carbonyl (C=O) groups excluding carboxylic acids is 1. The van der Waals surface area contributed by atoms with Crippen molar-refractivity contribution < 1.29 is 14.3 Å². The first-order chi connectivity index (χ1) is 9.29. The fraction of sp³-hybridized carbons (Fsp3) is 0.933. The minimum atomic E-state index is -0.184. The van der Waals surface area contributed by atoms with Gasteiger partial charge in [-0.1, -0.05) is 12.8 Å². The van der Waals surface area contributed by atoms with Gasteiger partial charge in [-0.05, 0) is 44.9 Å². The second-order valence-electron chi connectivity index (χ2n) is 5.76. The average Bonchev–Trinajstić information content (AvgIpc) is 3.07. The standard InChI is InChI=1S/C15H27NO3/c1-2-19-15(17)14(16-13-7-8-13)9-10-18-11-12-5-3-4-6-12/h12-14,16H,2-11H2,1H3. The van der Waals surface area contributed by atoms with Gasteiger partial charge in [0.15, 0.2) is 0 Å². The van der Waals surface area contributed by atoms with E-state index in [1.54, 1.807) is 0 Å². The van der Waals surface area contributed by atoms with Gasteiger partial charge >= 0.3 is 5.97 Å². The molecule has 2 aliphatic rings. The van der Waals surface area contributed by atoms with Crippen molar-refractivity contribution in [3.8, 4) is 0 Å². The predicted octanol–water partition coefficient (Wildman–Crippen LogP) is 2.27. The second-order valence-corrected chi connectivity index (χ2v) is 5.76. The molecular weight excluding hydrogens is 242 g/mol. The van der Waals surface area contributed by atoms with Gasteiger partial charge in [0.1, 0.15) is 6.04 Å². The van der Waals surface area contributed by atoms with E-state index in [2.05, 4.69) is 5.32 Å². The molecule has 110 valence electrons. The van der Waals surface area contributed by atoms with Gasteiger partial charge in [-0.2, -0.15) is 0 Å². The third-order valence-electron chi connectivity index (χ3n) is 3.96. The van der Waals surface area contributed by atoms with Crippen LogP contribution in [-0.4, -0.2) is 37.9 Å². The van der Waals surface area contributed by atoms with Crippen LogP contribution in [0.3, 0.4) is 0 Å². The van der Waals surface area contributed by atoms with Gasteiger partial charge in [0, 0.05) is 19.3 Å². The third kappa shape index (κ3) is 5.49. The lowest BCUT2D eigenvalue weighted by Gasteiger charge is -2.17. The summed E-state index contributed by atoms with van der Waals surface area (Å²) in [5, 5.41) is 3.35. The van der Waals surface area contributed by atoms with Crippen LogP contribution in [0.25, 0.3) is 0 Å². The molecule has 2 aliphatic carbocycles. The monoisotopic (exact) mass is 269 g/mol. The van der Waals surface area contributed by atoms with Crippen LogP contribution >= 0.6 is 0 Å². The number of hydrogen-bond acceptors (Lipinski definition) is 4. The summed E-state index contributed by atoms with van der Waals surface area (Å²) in [6.45, 7) is 3.81. The lowest BCUT2D eigenvalue weighted by Crippen LogP contribution is -2.40. The molecule has 4 nitrogen and oxygen atoms in total. The summed E-state index contributed by atoms with van der Waals surface area (Å²) in [4.78, 5) is 11.8. The molecule has 0 heterocycles. The quantitative estimate of drug-likeness (QED) is 0.515. The van der Waals surface area contributed by atoms with Crippen LogP contribution in [0.1, 0.15) is 51.9 Å². The van der Waals surface area contributed by atoms with Crippen molar-refractivity contribution in [3.05, 3.63) is 0 Å². The molecule has 0 aromatic carbocycles. The Morgan fingerprint density at radius 2 is 2.00 bits per heavy atom. The largest absolute Gasteiger partial charge is 0.465 e. The number of esters is 1. The van der Waals surface area contributed by atoms with Crippen molar-refractivity contribution in [2.24, 2.45) is 5.92 Å². The average molecular weight is 269 g/mol. The molecule has 1 unspecified atom stereocenters. The summed E-state index contributed by atoms with van der Waals surface area (Å²) in [6, 6.07) is 0.334. The summed E-state index contributed by atoms with van der Waals surface area (Å²) < 4.78 is 10.8. The first-order valence-electron chi connectivity index (χ1n) is 7.80. The third-order valence-corrected chi connectivity index (χ3v) is 3.96. The van der Waals surface area contributed by atoms with Crippen molar-refractivity contribution in [1.29, 1.82) is 0 Å². The highest BCUT2D eigenvalue weighted by molar-refractivity contribution is 5.75. The Hall–Kier alpha value is -0.610. The fourth-order valence-corrected chi connectivity index (χ4v) is 2.67. The summed E-state index contributed by atoms with van der Waals surface area (Å²) in [6.07, 6.45) is 8.40. The van der Waals surface area contributed by atoms with E-state index in [0.717, 1.165) is 18.9 Å². The lowest BCUT2D eigenvalue weighted by molar-refractivity contribution is -0.146. The molecule has 0 aromatic heterocycles. The molecule has 4 heteroatoms. The maximum Gasteiger partial charge on any atom is 0.323 e. The van der Waals surface area contributed by atoms with E-state index in [0.29, 0.717) is 19.3 Å². The van der Waals surface area contributed by atoms with Crippen molar-refractivity contribution in [3.63, 3.8) is 0 Å². The molecule has 2 rings (SSSR count). The normalized spacial score (nSPS) is 21.5. The Bertz CT molecular complexity index is 273. The molecular formula is C15H27NO3. The first kappa shape index (κ1) is 14.8. The Morgan fingerprint density at radius 1 is 1.26 bits per heavy atom. The van der Waals surface area contributed by atoms with Gasteiger partial charge in [0.05, 0.1) is 6.61 Å². The van der Waals surface area contributed by atoms with E-state index < -0.39 is 0 Å². The predicted molar refractivity (Wildman–Crippen MR) is 74.0 cm³/mol. The molecule has 0 bridgehead atoms. The van der Waals surface area contributed by atoms with E-state index in [1.165, 1.54) is 38.5 Å². The Balaban J connectivity index is 1.61. The molecule has 1 N–H and O–H groups in total. The Morgan fingerprint density at radius 3 is 2.63 bits per heavy atom. The molecule has 2 fully saturated rings. The van der Waals surface area contributed by atoms with Gasteiger partial charge in [-0.25, -0.2) is 0 Å². The van der Waals surface area contributed by atoms with Crippen molar-refractivity contribution >= 4 is 5.97 Å². The van der Waals surface area contributed by atoms with E-state index in [4.69, 9.17) is 9.47 Å². The first-order valence-corrected chi connectivity index (χ1v) is 7.80. The number of rotatable bonds is 9. The number of ether oxygens (including phenoxy) is 2. The van der Waals surface area contributed by atoms with E-state index in [1.807, 2.05) is 6.92 Å². The van der Waals surface area contributed by atoms with E-state index >= 15 is 0 Å². The number of carbonyl (C=O) groups is 1. The summed E-state index contributed by atoms with van der Waals surface area (Å²) in [5.74, 6) is 0.622. The van der Waals surface area contributed by atoms with Crippen LogP contribution in [0.2, 0.25) is 0 Å². The zero-order chi connectivity index (χ0) is 13.5. The van der Waals surface area contributed by atoms with Crippen LogP contribution < -0.4 is 5.32 Å². The van der Waals surface area contributed by atoms with Gasteiger partial charge in [0.2, 0.25) is 0 Å². The molecule has 0 amide bonds. The molecule has 0 aromatic rings. The molecule has 0 radical (unpaired) electrons. The highest BCUT2D eigenvalue weighted by atomic mass is 16.5. The van der Waals surface area contributed by atoms with Crippen molar-refractivity contribution in [1.82, 2.24) is 5.32 Å². The van der Waals surface area contributed by atoms with Crippen LogP contribution in [0.15, 0.2) is 0 Å². The van der Waals surface area contributed by atoms with Crippen LogP contribution in [0.4, 0.5) is 0 Å². The van der Waals surface area contributed by atoms with Crippen LogP contribution in [0.5, 0.6) is 0 Å². The summed E-state index contributed by atoms with van der Waals surface area (Å²) in [5.41, 5.74) is 0. The van der Waals surface area contributed by atoms with Gasteiger partial charge < -0.3 is 14.8 Å². The maximum absolute atomic E-state index is 11.8. The topological polar surface area (TPSA) is 47.6 Å². The van der Waals surface area contributed by atoms with E-state index in [-0.39, 0.29) is 12.0 Å². The molecule has 1 atom stereocenters. The summed E-state index contributed by atoms with van der Waals surface area (Å²) >= 11 is 0. The molecule has 0 saturated heterocycles. The molecule has 2 saturated carbocycles. The second kappa shape index (κ2) is 7.85. The van der Waals surface area contributed by atoms with Crippen LogP contribution in [-0.2, 0) is 14.3 Å². The highest BCUT2D eigenvalue weighted by Crippen LogP contribution is 2.25. The minimum absolute atomic E-state index is 0.126. The SMILES string of the molecule is CCOC(=O)C(CCOCC1CCCC1)NC1CC1. The number of hydrogen-bond donors (Lipinski definition) is 1. The smallest absolute Gasteiger partial charge is 0.323 e. The van der Waals surface area contributed by atoms with E-state index in [9.17, 15) is 4.79 Å². The highest BCUT2D eigenvalue weighted by Gasteiger charge is 2.29. The minimum Gasteiger partial charge on any atom is -0.465 e. The van der Waals surface area contributed by atoms with Crippen LogP contribution in [0, 0.1) is 5.92 Å². The molecule has 0 spiro atoms. The Labute approximate surface area is 116 Å². The van der Waals surface area contributed by atoms with Gasteiger partial charge in [0.25, 0.3) is 0 Å². The lowest BCUT2D eigenvalue weighted by atomic mass is 10.1. The zero-order valence-electron chi connectivity index (χ0n) is 12.0. The fourth-order valence-electron chi connectivity index (χ4n) is 2.67. The molecule has 19 heavy (non-hydrogen) atoms. The van der Waals surface area contributed by atoms with Gasteiger partial charge in [-0.3, -0.25) is 4.79 Å². The molecule has 0 aliphatic heterocycles. The Kier molecular flexibility index (Phi) is 6.11.